The Bertz CT molecular complexity index is 325. The van der Waals surface area contributed by atoms with Gasteiger partial charge in [-0.3, -0.25) is 4.79 Å². The maximum Gasteiger partial charge on any atom is 0.317 e. The average Bonchev–Trinajstić information content (AvgIpc) is 2.82. The van der Waals surface area contributed by atoms with Gasteiger partial charge < -0.3 is 15.3 Å². The van der Waals surface area contributed by atoms with Gasteiger partial charge in [0.25, 0.3) is 0 Å². The predicted molar refractivity (Wildman–Crippen MR) is 62.6 cm³/mol. The van der Waals surface area contributed by atoms with Gasteiger partial charge in [-0.25, -0.2) is 4.79 Å². The first-order valence-electron chi connectivity index (χ1n) is 6.10. The third kappa shape index (κ3) is 2.99. The van der Waals surface area contributed by atoms with Gasteiger partial charge in [0.1, 0.15) is 0 Å². The summed E-state index contributed by atoms with van der Waals surface area (Å²) in [5.41, 5.74) is 0. The van der Waals surface area contributed by atoms with Crippen molar-refractivity contribution in [1.29, 1.82) is 0 Å². The fourth-order valence-electron chi connectivity index (χ4n) is 2.33. The Morgan fingerprint density at radius 1 is 1.18 bits per heavy atom. The molecule has 5 heteroatoms. The van der Waals surface area contributed by atoms with Crippen LogP contribution in [0.15, 0.2) is 12.2 Å². The summed E-state index contributed by atoms with van der Waals surface area (Å²) in [5, 5.41) is 11.8. The van der Waals surface area contributed by atoms with Crippen molar-refractivity contribution >= 4 is 12.0 Å². The van der Waals surface area contributed by atoms with E-state index in [-0.39, 0.29) is 18.0 Å². The Morgan fingerprint density at radius 3 is 2.29 bits per heavy atom. The van der Waals surface area contributed by atoms with E-state index in [1.165, 1.54) is 0 Å². The van der Waals surface area contributed by atoms with E-state index in [1.807, 2.05) is 0 Å². The van der Waals surface area contributed by atoms with Gasteiger partial charge in [0.15, 0.2) is 0 Å². The van der Waals surface area contributed by atoms with Gasteiger partial charge in [-0.1, -0.05) is 12.2 Å². The lowest BCUT2D eigenvalue weighted by atomic mass is 9.97. The van der Waals surface area contributed by atoms with Gasteiger partial charge >= 0.3 is 12.0 Å². The number of carbonyl (C=O) groups excluding carboxylic acids is 1. The van der Waals surface area contributed by atoms with E-state index in [0.29, 0.717) is 25.9 Å². The summed E-state index contributed by atoms with van der Waals surface area (Å²) in [4.78, 5) is 24.4. The number of rotatable bonds is 2. The van der Waals surface area contributed by atoms with Crippen LogP contribution in [0.4, 0.5) is 4.79 Å². The van der Waals surface area contributed by atoms with Crippen LogP contribution in [0.3, 0.4) is 0 Å². The highest BCUT2D eigenvalue weighted by Gasteiger charge is 2.27. The monoisotopic (exact) mass is 238 g/mol. The van der Waals surface area contributed by atoms with E-state index in [1.54, 1.807) is 4.90 Å². The molecule has 0 spiro atoms. The van der Waals surface area contributed by atoms with Crippen molar-refractivity contribution in [2.75, 3.05) is 13.1 Å². The zero-order chi connectivity index (χ0) is 12.3. The van der Waals surface area contributed by atoms with E-state index in [2.05, 4.69) is 17.5 Å². The van der Waals surface area contributed by atoms with Crippen LogP contribution in [0.25, 0.3) is 0 Å². The van der Waals surface area contributed by atoms with Crippen LogP contribution in [0.5, 0.6) is 0 Å². The summed E-state index contributed by atoms with van der Waals surface area (Å²) in [6, 6.07) is 0.169. The number of amides is 2. The van der Waals surface area contributed by atoms with Gasteiger partial charge in [-0.05, 0) is 25.7 Å². The zero-order valence-corrected chi connectivity index (χ0v) is 9.76. The van der Waals surface area contributed by atoms with Gasteiger partial charge in [-0.2, -0.15) is 0 Å². The molecule has 17 heavy (non-hydrogen) atoms. The number of carboxylic acid groups (broad SMARTS) is 1. The van der Waals surface area contributed by atoms with E-state index in [0.717, 1.165) is 12.8 Å². The normalized spacial score (nSPS) is 21.8. The minimum atomic E-state index is -0.745. The second-order valence-electron chi connectivity index (χ2n) is 4.69. The van der Waals surface area contributed by atoms with Crippen LogP contribution >= 0.6 is 0 Å². The molecule has 0 atom stereocenters. The van der Waals surface area contributed by atoms with Crippen LogP contribution in [0, 0.1) is 5.92 Å². The summed E-state index contributed by atoms with van der Waals surface area (Å²) in [6.45, 7) is 1.09. The number of hydrogen-bond acceptors (Lipinski definition) is 2. The second kappa shape index (κ2) is 5.21. The molecular weight excluding hydrogens is 220 g/mol. The summed E-state index contributed by atoms with van der Waals surface area (Å²) in [7, 11) is 0. The first kappa shape index (κ1) is 12.0. The lowest BCUT2D eigenvalue weighted by molar-refractivity contribution is -0.143. The largest absolute Gasteiger partial charge is 0.481 e. The van der Waals surface area contributed by atoms with Crippen molar-refractivity contribution in [3.05, 3.63) is 12.2 Å². The Balaban J connectivity index is 1.76. The van der Waals surface area contributed by atoms with Gasteiger partial charge in [0, 0.05) is 19.1 Å². The molecule has 2 rings (SSSR count). The minimum absolute atomic E-state index is 0.0532. The number of nitrogens with zero attached hydrogens (tertiary/aromatic N) is 1. The number of piperidine rings is 1. The van der Waals surface area contributed by atoms with Crippen LogP contribution in [-0.2, 0) is 4.79 Å². The van der Waals surface area contributed by atoms with Crippen molar-refractivity contribution < 1.29 is 14.7 Å². The topological polar surface area (TPSA) is 69.6 Å². The van der Waals surface area contributed by atoms with E-state index < -0.39 is 5.97 Å². The van der Waals surface area contributed by atoms with E-state index >= 15 is 0 Å². The van der Waals surface area contributed by atoms with Gasteiger partial charge in [0.2, 0.25) is 0 Å². The van der Waals surface area contributed by atoms with Crippen molar-refractivity contribution in [2.45, 2.75) is 31.7 Å². The molecule has 1 fully saturated rings. The molecule has 0 saturated carbocycles. The summed E-state index contributed by atoms with van der Waals surface area (Å²) in [6.07, 6.45) is 7.06. The first-order chi connectivity index (χ1) is 8.16. The number of urea groups is 1. The van der Waals surface area contributed by atoms with Crippen molar-refractivity contribution in [2.24, 2.45) is 5.92 Å². The molecule has 5 nitrogen and oxygen atoms in total. The highest BCUT2D eigenvalue weighted by molar-refractivity contribution is 5.75. The third-order valence-corrected chi connectivity index (χ3v) is 3.47. The van der Waals surface area contributed by atoms with Crippen molar-refractivity contribution in [3.8, 4) is 0 Å². The van der Waals surface area contributed by atoms with Crippen LogP contribution in [-0.4, -0.2) is 41.1 Å². The quantitative estimate of drug-likeness (QED) is 0.710. The number of carboxylic acids is 1. The predicted octanol–water partition coefficient (Wildman–Crippen LogP) is 1.21. The van der Waals surface area contributed by atoms with Crippen LogP contribution < -0.4 is 5.32 Å². The number of nitrogens with one attached hydrogen (secondary N) is 1. The molecule has 94 valence electrons. The first-order valence-corrected chi connectivity index (χ1v) is 6.10. The van der Waals surface area contributed by atoms with E-state index in [4.69, 9.17) is 5.11 Å². The zero-order valence-electron chi connectivity index (χ0n) is 9.76. The smallest absolute Gasteiger partial charge is 0.317 e. The fraction of sp³-hybridized carbons (Fsp3) is 0.667. The summed E-state index contributed by atoms with van der Waals surface area (Å²) in [5.74, 6) is -1.03. The molecule has 0 aromatic rings. The maximum atomic E-state index is 11.9. The average molecular weight is 238 g/mol. The Kier molecular flexibility index (Phi) is 3.66. The summed E-state index contributed by atoms with van der Waals surface area (Å²) < 4.78 is 0. The molecule has 0 aromatic heterocycles. The molecule has 2 amide bonds. The van der Waals surface area contributed by atoms with Gasteiger partial charge in [-0.15, -0.1) is 0 Å². The van der Waals surface area contributed by atoms with Crippen molar-refractivity contribution in [1.82, 2.24) is 10.2 Å². The SMILES string of the molecule is O=C(O)C1CCN(C(=O)NC2CC=CC2)CC1. The van der Waals surface area contributed by atoms with Crippen LogP contribution in [0.1, 0.15) is 25.7 Å². The Hall–Kier alpha value is -1.52. The molecule has 0 radical (unpaired) electrons. The molecule has 1 aliphatic heterocycles. The highest BCUT2D eigenvalue weighted by atomic mass is 16.4. The summed E-state index contributed by atoms with van der Waals surface area (Å²) >= 11 is 0. The molecule has 2 N–H and O–H groups in total. The lowest BCUT2D eigenvalue weighted by Gasteiger charge is -2.31. The van der Waals surface area contributed by atoms with Crippen molar-refractivity contribution in [3.63, 3.8) is 0 Å². The maximum absolute atomic E-state index is 11.9. The Labute approximate surface area is 100 Å². The standard InChI is InChI=1S/C12H18N2O3/c15-11(16)9-5-7-14(8-6-9)12(17)13-10-3-1-2-4-10/h1-2,9-10H,3-8H2,(H,13,17)(H,15,16). The van der Waals surface area contributed by atoms with Gasteiger partial charge in [0.05, 0.1) is 5.92 Å². The molecule has 2 aliphatic rings. The molecule has 0 aromatic carbocycles. The highest BCUT2D eigenvalue weighted by Crippen LogP contribution is 2.18. The molecule has 0 bridgehead atoms. The molecular formula is C12H18N2O3. The number of aliphatic carboxylic acids is 1. The molecule has 1 saturated heterocycles. The molecule has 1 aliphatic carbocycles. The van der Waals surface area contributed by atoms with Crippen LogP contribution in [0.2, 0.25) is 0 Å². The minimum Gasteiger partial charge on any atom is -0.481 e. The number of carbonyl (C=O) groups is 2. The Morgan fingerprint density at radius 2 is 1.76 bits per heavy atom. The molecule has 1 heterocycles. The van der Waals surface area contributed by atoms with E-state index in [9.17, 15) is 9.59 Å². The fourth-order valence-corrected chi connectivity index (χ4v) is 2.33. The number of likely N-dealkylation sites (tertiary alicyclic amines) is 1. The molecule has 0 unspecified atom stereocenters. The third-order valence-electron chi connectivity index (χ3n) is 3.47. The second-order valence-corrected chi connectivity index (χ2v) is 4.69. The number of hydrogen-bond donors (Lipinski definition) is 2. The lowest BCUT2D eigenvalue weighted by Crippen LogP contribution is -2.48.